The van der Waals surface area contributed by atoms with Gasteiger partial charge in [0.25, 0.3) is 5.79 Å². The van der Waals surface area contributed by atoms with E-state index >= 15 is 0 Å². The highest BCUT2D eigenvalue weighted by atomic mass is 16.7. The van der Waals surface area contributed by atoms with Crippen LogP contribution < -0.4 is 37.9 Å². The molecular formula is C36H36O8. The van der Waals surface area contributed by atoms with Crippen LogP contribution in [0.15, 0.2) is 78.9 Å². The Morgan fingerprint density at radius 1 is 0.636 bits per heavy atom. The quantitative estimate of drug-likeness (QED) is 0.204. The van der Waals surface area contributed by atoms with Gasteiger partial charge in [-0.3, -0.25) is 0 Å². The molecule has 0 saturated heterocycles. The molecule has 8 nitrogen and oxygen atoms in total. The van der Waals surface area contributed by atoms with Crippen molar-refractivity contribution in [2.45, 2.75) is 18.1 Å². The average molecular weight is 597 g/mol. The molecule has 0 radical (unpaired) electrons. The molecule has 2 aliphatic heterocycles. The Bertz CT molecular complexity index is 1670. The summed E-state index contributed by atoms with van der Waals surface area (Å²) in [6, 6.07) is 23.8. The molecule has 0 spiro atoms. The number of allylic oxidation sites excluding steroid dienone is 1. The molecule has 0 aromatic heterocycles. The van der Waals surface area contributed by atoms with Gasteiger partial charge in [-0.15, -0.1) is 0 Å². The third-order valence-electron chi connectivity index (χ3n) is 8.41. The van der Waals surface area contributed by atoms with Crippen LogP contribution in [0.1, 0.15) is 28.2 Å². The Morgan fingerprint density at radius 3 is 1.77 bits per heavy atom. The van der Waals surface area contributed by atoms with E-state index in [1.807, 2.05) is 60.7 Å². The maximum absolute atomic E-state index is 7.12. The van der Waals surface area contributed by atoms with Crippen molar-refractivity contribution in [3.8, 4) is 46.0 Å². The molecule has 4 aromatic rings. The van der Waals surface area contributed by atoms with Crippen LogP contribution in [0.5, 0.6) is 46.0 Å². The van der Waals surface area contributed by atoms with E-state index in [9.17, 15) is 0 Å². The summed E-state index contributed by atoms with van der Waals surface area (Å²) in [6.07, 6.45) is 4.83. The molecule has 2 heterocycles. The van der Waals surface area contributed by atoms with Crippen molar-refractivity contribution in [2.75, 3.05) is 42.7 Å². The first kappa shape index (κ1) is 29.1. The van der Waals surface area contributed by atoms with Crippen LogP contribution in [0.25, 0.3) is 6.08 Å². The van der Waals surface area contributed by atoms with E-state index in [1.54, 1.807) is 42.7 Å². The summed E-state index contributed by atoms with van der Waals surface area (Å²) in [4.78, 5) is 0. The van der Waals surface area contributed by atoms with E-state index in [2.05, 4.69) is 24.3 Å². The van der Waals surface area contributed by atoms with Crippen molar-refractivity contribution >= 4 is 6.08 Å². The number of rotatable bonds is 9. The first-order valence-corrected chi connectivity index (χ1v) is 14.3. The van der Waals surface area contributed by atoms with Gasteiger partial charge in [0.15, 0.2) is 23.0 Å². The molecule has 228 valence electrons. The molecule has 0 N–H and O–H groups in total. The maximum atomic E-state index is 7.12. The van der Waals surface area contributed by atoms with Crippen LogP contribution in [0.2, 0.25) is 0 Å². The molecule has 0 amide bonds. The molecule has 3 atom stereocenters. The second kappa shape index (κ2) is 12.0. The lowest BCUT2D eigenvalue weighted by Gasteiger charge is -2.51. The minimum Gasteiger partial charge on any atom is -0.496 e. The number of hydrogen-bond acceptors (Lipinski definition) is 8. The predicted molar refractivity (Wildman–Crippen MR) is 167 cm³/mol. The summed E-state index contributed by atoms with van der Waals surface area (Å²) in [6.45, 7) is 0. The van der Waals surface area contributed by atoms with Crippen LogP contribution in [-0.2, 0) is 12.2 Å². The largest absolute Gasteiger partial charge is 0.496 e. The topological polar surface area (TPSA) is 73.8 Å². The molecule has 0 bridgehead atoms. The lowest BCUT2D eigenvalue weighted by molar-refractivity contribution is -0.189. The summed E-state index contributed by atoms with van der Waals surface area (Å²) in [7, 11) is 9.65. The van der Waals surface area contributed by atoms with Crippen molar-refractivity contribution in [2.24, 2.45) is 5.92 Å². The van der Waals surface area contributed by atoms with Crippen LogP contribution in [0.3, 0.4) is 0 Å². The van der Waals surface area contributed by atoms with Gasteiger partial charge in [-0.2, -0.15) is 0 Å². The standard InChI is InChI=1S/C36H36O8/c1-37-27-20-29(39-3)33(41-5)32-25(27)19-26-24(18-17-22-13-9-7-10-14-22)31-28(38-2)21-30(40-4)34(42-6)35(31)44-36(26,43-32)23-15-11-8-12-16-23/h7-18,20-21,24,26H,19H2,1-6H3. The molecular weight excluding hydrogens is 560 g/mol. The smallest absolute Gasteiger partial charge is 0.282 e. The van der Waals surface area contributed by atoms with Gasteiger partial charge in [-0.05, 0) is 12.0 Å². The molecule has 4 aromatic carbocycles. The Kier molecular flexibility index (Phi) is 7.91. The summed E-state index contributed by atoms with van der Waals surface area (Å²) in [5.74, 6) is 2.22. The van der Waals surface area contributed by atoms with Crippen molar-refractivity contribution in [3.05, 3.63) is 101 Å². The zero-order valence-electron chi connectivity index (χ0n) is 25.7. The van der Waals surface area contributed by atoms with Gasteiger partial charge in [0.1, 0.15) is 11.5 Å². The normalized spacial score (nSPS) is 19.9. The number of ether oxygens (including phenoxy) is 8. The van der Waals surface area contributed by atoms with E-state index in [0.29, 0.717) is 52.4 Å². The minimum atomic E-state index is -1.32. The third kappa shape index (κ3) is 4.61. The average Bonchev–Trinajstić information content (AvgIpc) is 3.08. The Hall–Kier alpha value is -4.98. The van der Waals surface area contributed by atoms with E-state index in [0.717, 1.165) is 22.3 Å². The maximum Gasteiger partial charge on any atom is 0.282 e. The van der Waals surface area contributed by atoms with Crippen LogP contribution in [0, 0.1) is 5.92 Å². The molecule has 2 aliphatic rings. The highest BCUT2D eigenvalue weighted by Crippen LogP contribution is 2.63. The monoisotopic (exact) mass is 596 g/mol. The molecule has 8 heteroatoms. The van der Waals surface area contributed by atoms with Crippen molar-refractivity contribution < 1.29 is 37.9 Å². The highest BCUT2D eigenvalue weighted by Gasteiger charge is 2.58. The van der Waals surface area contributed by atoms with Gasteiger partial charge in [0, 0.05) is 34.7 Å². The summed E-state index contributed by atoms with van der Waals surface area (Å²) >= 11 is 0. The molecule has 3 unspecified atom stereocenters. The van der Waals surface area contributed by atoms with Gasteiger partial charge in [0.2, 0.25) is 11.5 Å². The Balaban J connectivity index is 1.69. The van der Waals surface area contributed by atoms with Crippen molar-refractivity contribution in [1.29, 1.82) is 0 Å². The fraction of sp³-hybridized carbons (Fsp3) is 0.278. The number of fused-ring (bicyclic) bond motifs is 3. The van der Waals surface area contributed by atoms with Gasteiger partial charge in [-0.1, -0.05) is 72.8 Å². The fourth-order valence-electron chi connectivity index (χ4n) is 6.41. The van der Waals surface area contributed by atoms with Crippen LogP contribution in [-0.4, -0.2) is 42.7 Å². The number of hydrogen-bond donors (Lipinski definition) is 0. The van der Waals surface area contributed by atoms with E-state index in [1.165, 1.54) is 0 Å². The van der Waals surface area contributed by atoms with Gasteiger partial charge >= 0.3 is 0 Å². The highest BCUT2D eigenvalue weighted by molar-refractivity contribution is 5.68. The predicted octanol–water partition coefficient (Wildman–Crippen LogP) is 7.03. The lowest BCUT2D eigenvalue weighted by Crippen LogP contribution is -2.54. The van der Waals surface area contributed by atoms with Gasteiger partial charge in [0.05, 0.1) is 48.6 Å². The van der Waals surface area contributed by atoms with Crippen LogP contribution >= 0.6 is 0 Å². The minimum absolute atomic E-state index is 0.264. The third-order valence-corrected chi connectivity index (χ3v) is 8.41. The molecule has 44 heavy (non-hydrogen) atoms. The summed E-state index contributed by atoms with van der Waals surface area (Å²) < 4.78 is 49.4. The molecule has 0 saturated carbocycles. The lowest BCUT2D eigenvalue weighted by atomic mass is 9.70. The zero-order valence-corrected chi connectivity index (χ0v) is 25.7. The summed E-state index contributed by atoms with van der Waals surface area (Å²) in [5.41, 5.74) is 3.57. The fourth-order valence-corrected chi connectivity index (χ4v) is 6.41. The zero-order chi connectivity index (χ0) is 30.8. The van der Waals surface area contributed by atoms with Gasteiger partial charge < -0.3 is 37.9 Å². The molecule has 6 rings (SSSR count). The van der Waals surface area contributed by atoms with Crippen LogP contribution in [0.4, 0.5) is 0 Å². The SMILES string of the molecule is COc1cc(OC)c(OC)c2c1CC1C(C=Cc3ccccc3)c3c(OC)cc(OC)c(OC)c3OC1(c1ccccc1)O2. The van der Waals surface area contributed by atoms with Crippen molar-refractivity contribution in [1.82, 2.24) is 0 Å². The van der Waals surface area contributed by atoms with E-state index in [-0.39, 0.29) is 11.8 Å². The van der Waals surface area contributed by atoms with E-state index < -0.39 is 5.79 Å². The van der Waals surface area contributed by atoms with E-state index in [4.69, 9.17) is 37.9 Å². The molecule has 0 fully saturated rings. The number of benzene rings is 4. The molecule has 0 aliphatic carbocycles. The first-order chi connectivity index (χ1) is 21.5. The summed E-state index contributed by atoms with van der Waals surface area (Å²) in [5, 5.41) is 0. The second-order valence-electron chi connectivity index (χ2n) is 10.5. The van der Waals surface area contributed by atoms with Crippen molar-refractivity contribution in [3.63, 3.8) is 0 Å². The Morgan fingerprint density at radius 2 is 1.18 bits per heavy atom. The second-order valence-corrected chi connectivity index (χ2v) is 10.5. The number of methoxy groups -OCH3 is 6. The Labute approximate surface area is 257 Å². The first-order valence-electron chi connectivity index (χ1n) is 14.3. The van der Waals surface area contributed by atoms with Gasteiger partial charge in [-0.25, -0.2) is 0 Å².